The molecule has 0 aliphatic heterocycles. The molecule has 3 N–H and O–H groups in total. The number of rotatable bonds is 5. The summed E-state index contributed by atoms with van der Waals surface area (Å²) in [7, 11) is 0. The van der Waals surface area contributed by atoms with Gasteiger partial charge in [-0.2, -0.15) is 8.78 Å². The van der Waals surface area contributed by atoms with Crippen LogP contribution in [0.2, 0.25) is 5.02 Å². The fraction of sp³-hybridized carbons (Fsp3) is 0.562. The Balaban J connectivity index is 0.00000288. The molecule has 0 spiro atoms. The molecule has 0 radical (unpaired) electrons. The summed E-state index contributed by atoms with van der Waals surface area (Å²) in [5.41, 5.74) is 6.07. The van der Waals surface area contributed by atoms with E-state index in [0.29, 0.717) is 10.6 Å². The van der Waals surface area contributed by atoms with E-state index in [9.17, 15) is 13.6 Å². The van der Waals surface area contributed by atoms with Crippen molar-refractivity contribution < 1.29 is 18.3 Å². The van der Waals surface area contributed by atoms with Gasteiger partial charge in [0.05, 0.1) is 5.92 Å². The molecule has 24 heavy (non-hydrogen) atoms. The standard InChI is InChI=1S/C16H21ClF2N2O2.ClH/c1-16(20)7-3-2-4-12(16)14(22)21-9-10-8-11(17)5-6-13(10)23-15(18)19;/h5-6,8,12,15H,2-4,7,9,20H2,1H3,(H,21,22);1H. The largest absolute Gasteiger partial charge is 0.434 e. The van der Waals surface area contributed by atoms with Crippen molar-refractivity contribution in [1.82, 2.24) is 5.32 Å². The maximum atomic E-state index is 12.4. The average molecular weight is 383 g/mol. The van der Waals surface area contributed by atoms with Crippen LogP contribution in [0, 0.1) is 5.92 Å². The van der Waals surface area contributed by atoms with Crippen LogP contribution in [-0.4, -0.2) is 18.1 Å². The number of carbonyl (C=O) groups excluding carboxylic acids is 1. The molecule has 2 unspecified atom stereocenters. The lowest BCUT2D eigenvalue weighted by atomic mass is 9.74. The van der Waals surface area contributed by atoms with Crippen LogP contribution in [0.15, 0.2) is 18.2 Å². The van der Waals surface area contributed by atoms with Crippen molar-refractivity contribution in [3.8, 4) is 5.75 Å². The Morgan fingerprint density at radius 1 is 1.50 bits per heavy atom. The second-order valence-corrected chi connectivity index (χ2v) is 6.59. The summed E-state index contributed by atoms with van der Waals surface area (Å²) in [6, 6.07) is 4.33. The van der Waals surface area contributed by atoms with Crippen molar-refractivity contribution in [3.63, 3.8) is 0 Å². The Kier molecular flexibility index (Phi) is 7.70. The van der Waals surface area contributed by atoms with Gasteiger partial charge in [-0.25, -0.2) is 0 Å². The number of nitrogens with two attached hydrogens (primary N) is 1. The topological polar surface area (TPSA) is 64.4 Å². The minimum absolute atomic E-state index is 0. The van der Waals surface area contributed by atoms with E-state index in [4.69, 9.17) is 17.3 Å². The fourth-order valence-electron chi connectivity index (χ4n) is 2.99. The second kappa shape index (κ2) is 8.83. The summed E-state index contributed by atoms with van der Waals surface area (Å²) in [4.78, 5) is 12.4. The number of hydrogen-bond donors (Lipinski definition) is 2. The number of carbonyl (C=O) groups is 1. The first-order valence-electron chi connectivity index (χ1n) is 7.59. The Labute approximate surface area is 151 Å². The zero-order valence-corrected chi connectivity index (χ0v) is 14.9. The first-order chi connectivity index (χ1) is 10.8. The normalized spacial score (nSPS) is 23.5. The number of halogens is 4. The van der Waals surface area contributed by atoms with Gasteiger partial charge in [0, 0.05) is 22.7 Å². The predicted octanol–water partition coefficient (Wildman–Crippen LogP) is 3.89. The summed E-state index contributed by atoms with van der Waals surface area (Å²) < 4.78 is 29.3. The summed E-state index contributed by atoms with van der Waals surface area (Å²) >= 11 is 5.89. The summed E-state index contributed by atoms with van der Waals surface area (Å²) in [5.74, 6) is -0.448. The average Bonchev–Trinajstić information content (AvgIpc) is 2.46. The molecule has 1 aromatic rings. The van der Waals surface area contributed by atoms with Crippen LogP contribution >= 0.6 is 24.0 Å². The van der Waals surface area contributed by atoms with Gasteiger partial charge in [0.25, 0.3) is 0 Å². The molecule has 1 saturated carbocycles. The maximum Gasteiger partial charge on any atom is 0.387 e. The van der Waals surface area contributed by atoms with Gasteiger partial charge in [0.2, 0.25) is 5.91 Å². The SMILES string of the molecule is CC1(N)CCCCC1C(=O)NCc1cc(Cl)ccc1OC(F)F.Cl. The number of amides is 1. The Morgan fingerprint density at radius 3 is 2.83 bits per heavy atom. The molecule has 8 heteroatoms. The molecule has 0 aromatic heterocycles. The van der Waals surface area contributed by atoms with Crippen LogP contribution < -0.4 is 15.8 Å². The molecule has 1 aliphatic carbocycles. The Bertz CT molecular complexity index is 571. The number of alkyl halides is 2. The number of ether oxygens (including phenoxy) is 1. The van der Waals surface area contributed by atoms with Crippen molar-refractivity contribution in [3.05, 3.63) is 28.8 Å². The van der Waals surface area contributed by atoms with Crippen LogP contribution in [0.25, 0.3) is 0 Å². The van der Waals surface area contributed by atoms with E-state index in [1.54, 1.807) is 0 Å². The number of hydrogen-bond acceptors (Lipinski definition) is 3. The van der Waals surface area contributed by atoms with Gasteiger partial charge in [0.1, 0.15) is 5.75 Å². The van der Waals surface area contributed by atoms with E-state index in [1.165, 1.54) is 18.2 Å². The Hall–Kier alpha value is -1.11. The number of benzene rings is 1. The molecule has 4 nitrogen and oxygen atoms in total. The van der Waals surface area contributed by atoms with E-state index in [1.807, 2.05) is 6.92 Å². The quantitative estimate of drug-likeness (QED) is 0.811. The molecular formula is C16H22Cl2F2N2O2. The highest BCUT2D eigenvalue weighted by atomic mass is 35.5. The molecule has 2 rings (SSSR count). The smallest absolute Gasteiger partial charge is 0.387 e. The second-order valence-electron chi connectivity index (χ2n) is 6.15. The molecule has 2 atom stereocenters. The van der Waals surface area contributed by atoms with Crippen molar-refractivity contribution in [1.29, 1.82) is 0 Å². The Morgan fingerprint density at radius 2 is 2.21 bits per heavy atom. The third kappa shape index (κ3) is 5.46. The molecule has 1 aromatic carbocycles. The first kappa shape index (κ1) is 20.9. The molecule has 1 fully saturated rings. The summed E-state index contributed by atoms with van der Waals surface area (Å²) in [5, 5.41) is 3.15. The van der Waals surface area contributed by atoms with Crippen molar-refractivity contribution in [2.45, 2.75) is 51.3 Å². The van der Waals surface area contributed by atoms with Gasteiger partial charge in [-0.3, -0.25) is 4.79 Å². The molecule has 136 valence electrons. The first-order valence-corrected chi connectivity index (χ1v) is 7.97. The van der Waals surface area contributed by atoms with Crippen LogP contribution in [-0.2, 0) is 11.3 Å². The molecule has 0 saturated heterocycles. The molecular weight excluding hydrogens is 361 g/mol. The summed E-state index contributed by atoms with van der Waals surface area (Å²) in [6.07, 6.45) is 3.50. The fourth-order valence-corrected chi connectivity index (χ4v) is 3.19. The third-order valence-corrected chi connectivity index (χ3v) is 4.50. The van der Waals surface area contributed by atoms with Crippen molar-refractivity contribution in [2.24, 2.45) is 11.7 Å². The lowest BCUT2D eigenvalue weighted by molar-refractivity contribution is -0.128. The van der Waals surface area contributed by atoms with E-state index in [0.717, 1.165) is 25.7 Å². The summed E-state index contributed by atoms with van der Waals surface area (Å²) in [6.45, 7) is -0.994. The third-order valence-electron chi connectivity index (χ3n) is 4.26. The van der Waals surface area contributed by atoms with Crippen LogP contribution in [0.5, 0.6) is 5.75 Å². The molecule has 0 heterocycles. The number of nitrogens with one attached hydrogen (secondary N) is 1. The van der Waals surface area contributed by atoms with Gasteiger partial charge in [0.15, 0.2) is 0 Å². The zero-order chi connectivity index (χ0) is 17.0. The lowest BCUT2D eigenvalue weighted by Crippen LogP contribution is -2.52. The molecule has 0 bridgehead atoms. The van der Waals surface area contributed by atoms with Crippen LogP contribution in [0.3, 0.4) is 0 Å². The van der Waals surface area contributed by atoms with Gasteiger partial charge >= 0.3 is 6.61 Å². The lowest BCUT2D eigenvalue weighted by Gasteiger charge is -2.37. The highest BCUT2D eigenvalue weighted by Gasteiger charge is 2.37. The van der Waals surface area contributed by atoms with Crippen LogP contribution in [0.1, 0.15) is 38.2 Å². The monoisotopic (exact) mass is 382 g/mol. The van der Waals surface area contributed by atoms with Crippen LogP contribution in [0.4, 0.5) is 8.78 Å². The zero-order valence-electron chi connectivity index (χ0n) is 13.4. The van der Waals surface area contributed by atoms with E-state index in [-0.39, 0.29) is 36.5 Å². The van der Waals surface area contributed by atoms with Crippen molar-refractivity contribution in [2.75, 3.05) is 0 Å². The van der Waals surface area contributed by atoms with Gasteiger partial charge in [-0.05, 0) is 38.0 Å². The predicted molar refractivity (Wildman–Crippen MR) is 91.7 cm³/mol. The molecule has 1 amide bonds. The van der Waals surface area contributed by atoms with Gasteiger partial charge in [-0.1, -0.05) is 24.4 Å². The van der Waals surface area contributed by atoms with Crippen molar-refractivity contribution >= 4 is 29.9 Å². The highest BCUT2D eigenvalue weighted by molar-refractivity contribution is 6.30. The highest BCUT2D eigenvalue weighted by Crippen LogP contribution is 2.32. The van der Waals surface area contributed by atoms with E-state index in [2.05, 4.69) is 10.1 Å². The van der Waals surface area contributed by atoms with Gasteiger partial charge < -0.3 is 15.8 Å². The minimum Gasteiger partial charge on any atom is -0.434 e. The minimum atomic E-state index is -2.93. The van der Waals surface area contributed by atoms with Gasteiger partial charge in [-0.15, -0.1) is 12.4 Å². The maximum absolute atomic E-state index is 12.4. The molecule has 1 aliphatic rings. The van der Waals surface area contributed by atoms with E-state index >= 15 is 0 Å². The van der Waals surface area contributed by atoms with E-state index < -0.39 is 12.2 Å².